The summed E-state index contributed by atoms with van der Waals surface area (Å²) in [6.45, 7) is 0. The Kier molecular flexibility index (Phi) is 5.51. The Labute approximate surface area is 133 Å². The van der Waals surface area contributed by atoms with Crippen molar-refractivity contribution in [3.8, 4) is 17.6 Å². The van der Waals surface area contributed by atoms with Crippen molar-refractivity contribution in [2.24, 2.45) is 0 Å². The average molecular weight is 315 g/mol. The van der Waals surface area contributed by atoms with Gasteiger partial charge in [0.25, 0.3) is 0 Å². The fraction of sp³-hybridized carbons (Fsp3) is 0.188. The first kappa shape index (κ1) is 16.3. The summed E-state index contributed by atoms with van der Waals surface area (Å²) in [6.07, 6.45) is 4.51. The number of carbonyl (C=O) groups is 1. The summed E-state index contributed by atoms with van der Waals surface area (Å²) in [7, 11) is 4.50. The first-order chi connectivity index (χ1) is 11.2. The number of ether oxygens (including phenoxy) is 3. The molecule has 7 heteroatoms. The number of methoxy groups -OCH3 is 3. The molecule has 1 amide bonds. The summed E-state index contributed by atoms with van der Waals surface area (Å²) >= 11 is 0. The second-order valence-corrected chi connectivity index (χ2v) is 4.38. The van der Waals surface area contributed by atoms with Crippen LogP contribution in [0.4, 0.5) is 5.69 Å². The zero-order valence-electron chi connectivity index (χ0n) is 13.1. The Morgan fingerprint density at radius 1 is 1.09 bits per heavy atom. The molecule has 0 aliphatic heterocycles. The van der Waals surface area contributed by atoms with E-state index in [0.717, 1.165) is 11.3 Å². The number of rotatable bonds is 6. The molecule has 0 aliphatic rings. The van der Waals surface area contributed by atoms with Crippen LogP contribution in [0.2, 0.25) is 0 Å². The Hall–Kier alpha value is -3.09. The van der Waals surface area contributed by atoms with Gasteiger partial charge in [-0.1, -0.05) is 12.1 Å². The van der Waals surface area contributed by atoms with E-state index < -0.39 is 0 Å². The molecule has 0 atom stereocenters. The van der Waals surface area contributed by atoms with E-state index in [1.807, 2.05) is 24.3 Å². The number of benzene rings is 1. The van der Waals surface area contributed by atoms with Crippen LogP contribution >= 0.6 is 0 Å². The van der Waals surface area contributed by atoms with Crippen LogP contribution in [0.25, 0.3) is 6.08 Å². The number of amides is 1. The molecule has 0 fully saturated rings. The molecule has 1 aromatic carbocycles. The van der Waals surface area contributed by atoms with Gasteiger partial charge in [-0.15, -0.1) is 0 Å². The van der Waals surface area contributed by atoms with Crippen LogP contribution in [0.15, 0.2) is 36.5 Å². The second-order valence-electron chi connectivity index (χ2n) is 4.38. The zero-order valence-corrected chi connectivity index (χ0v) is 13.1. The van der Waals surface area contributed by atoms with E-state index in [4.69, 9.17) is 14.2 Å². The van der Waals surface area contributed by atoms with Gasteiger partial charge in [0.05, 0.1) is 27.5 Å². The van der Waals surface area contributed by atoms with Crippen LogP contribution in [0.3, 0.4) is 0 Å². The van der Waals surface area contributed by atoms with Gasteiger partial charge in [-0.3, -0.25) is 4.79 Å². The number of hydrogen-bond acceptors (Lipinski definition) is 6. The van der Waals surface area contributed by atoms with E-state index >= 15 is 0 Å². The van der Waals surface area contributed by atoms with Crippen LogP contribution in [0.5, 0.6) is 17.6 Å². The topological polar surface area (TPSA) is 82.6 Å². The van der Waals surface area contributed by atoms with Crippen molar-refractivity contribution in [3.63, 3.8) is 0 Å². The van der Waals surface area contributed by atoms with Crippen LogP contribution in [-0.4, -0.2) is 37.2 Å². The van der Waals surface area contributed by atoms with E-state index in [1.54, 1.807) is 13.2 Å². The van der Waals surface area contributed by atoms with Gasteiger partial charge in [-0.25, -0.2) is 4.98 Å². The fourth-order valence-corrected chi connectivity index (χ4v) is 1.75. The lowest BCUT2D eigenvalue weighted by molar-refractivity contribution is -0.111. The van der Waals surface area contributed by atoms with E-state index in [-0.39, 0.29) is 17.8 Å². The van der Waals surface area contributed by atoms with Gasteiger partial charge in [0.15, 0.2) is 0 Å². The highest BCUT2D eigenvalue weighted by atomic mass is 16.5. The molecule has 0 spiro atoms. The lowest BCUT2D eigenvalue weighted by atomic mass is 10.2. The van der Waals surface area contributed by atoms with Crippen LogP contribution in [-0.2, 0) is 4.79 Å². The molecule has 120 valence electrons. The van der Waals surface area contributed by atoms with E-state index in [0.29, 0.717) is 5.69 Å². The number of anilines is 1. The molecule has 0 aliphatic carbocycles. The van der Waals surface area contributed by atoms with Gasteiger partial charge < -0.3 is 19.5 Å². The van der Waals surface area contributed by atoms with Crippen molar-refractivity contribution in [2.45, 2.75) is 0 Å². The van der Waals surface area contributed by atoms with Crippen LogP contribution < -0.4 is 19.5 Å². The highest BCUT2D eigenvalue weighted by molar-refractivity contribution is 6.02. The molecule has 0 radical (unpaired) electrons. The third-order valence-corrected chi connectivity index (χ3v) is 2.91. The summed E-state index contributed by atoms with van der Waals surface area (Å²) in [6, 6.07) is 7.49. The molecule has 0 saturated heterocycles. The highest BCUT2D eigenvalue weighted by Gasteiger charge is 2.09. The van der Waals surface area contributed by atoms with Crippen molar-refractivity contribution in [1.29, 1.82) is 0 Å². The Balaban J connectivity index is 2.05. The van der Waals surface area contributed by atoms with Gasteiger partial charge in [0, 0.05) is 6.08 Å². The molecule has 2 aromatic rings. The van der Waals surface area contributed by atoms with Crippen molar-refractivity contribution in [1.82, 2.24) is 9.97 Å². The quantitative estimate of drug-likeness (QED) is 0.823. The highest BCUT2D eigenvalue weighted by Crippen LogP contribution is 2.22. The lowest BCUT2D eigenvalue weighted by Gasteiger charge is -2.08. The zero-order chi connectivity index (χ0) is 16.7. The minimum Gasteiger partial charge on any atom is -0.497 e. The molecule has 1 aromatic heterocycles. The molecule has 0 saturated carbocycles. The maximum absolute atomic E-state index is 12.0. The van der Waals surface area contributed by atoms with Gasteiger partial charge in [0.2, 0.25) is 11.8 Å². The number of nitrogens with one attached hydrogen (secondary N) is 1. The standard InChI is InChI=1S/C16H17N3O4/c1-21-12-7-4-11(5-8-12)6-9-14(20)18-13-10-17-16(23-3)19-15(13)22-2/h4-10H,1-3H3,(H,18,20)/b9-6+. The predicted octanol–water partition coefficient (Wildman–Crippen LogP) is 2.15. The SMILES string of the molecule is COc1ccc(/C=C/C(=O)Nc2cnc(OC)nc2OC)cc1. The van der Waals surface area contributed by atoms with Crippen molar-refractivity contribution >= 4 is 17.7 Å². The van der Waals surface area contributed by atoms with Crippen LogP contribution in [0, 0.1) is 0 Å². The second kappa shape index (κ2) is 7.79. The number of nitrogens with zero attached hydrogens (tertiary/aromatic N) is 2. The summed E-state index contributed by atoms with van der Waals surface area (Å²) in [5, 5.41) is 2.65. The Morgan fingerprint density at radius 3 is 2.43 bits per heavy atom. The number of hydrogen-bond donors (Lipinski definition) is 1. The molecule has 7 nitrogen and oxygen atoms in total. The summed E-state index contributed by atoms with van der Waals surface area (Å²) < 4.78 is 15.1. The molecule has 0 unspecified atom stereocenters. The first-order valence-corrected chi connectivity index (χ1v) is 6.74. The summed E-state index contributed by atoms with van der Waals surface area (Å²) in [5.41, 5.74) is 1.23. The molecule has 23 heavy (non-hydrogen) atoms. The fourth-order valence-electron chi connectivity index (χ4n) is 1.75. The third-order valence-electron chi connectivity index (χ3n) is 2.91. The monoisotopic (exact) mass is 315 g/mol. The number of aromatic nitrogens is 2. The van der Waals surface area contributed by atoms with Crippen LogP contribution in [0.1, 0.15) is 5.56 Å². The maximum Gasteiger partial charge on any atom is 0.319 e. The largest absolute Gasteiger partial charge is 0.497 e. The van der Waals surface area contributed by atoms with Crippen molar-refractivity contribution < 1.29 is 19.0 Å². The van der Waals surface area contributed by atoms with Gasteiger partial charge in [0.1, 0.15) is 11.4 Å². The van der Waals surface area contributed by atoms with E-state index in [2.05, 4.69) is 15.3 Å². The number of carbonyl (C=O) groups excluding carboxylic acids is 1. The van der Waals surface area contributed by atoms with Gasteiger partial charge in [-0.2, -0.15) is 4.98 Å². The van der Waals surface area contributed by atoms with Crippen molar-refractivity contribution in [3.05, 3.63) is 42.1 Å². The third kappa shape index (κ3) is 4.44. The minimum atomic E-state index is -0.326. The average Bonchev–Trinajstić information content (AvgIpc) is 2.60. The minimum absolute atomic E-state index is 0.161. The van der Waals surface area contributed by atoms with E-state index in [9.17, 15) is 4.79 Å². The molecule has 1 N–H and O–H groups in total. The Morgan fingerprint density at radius 2 is 1.83 bits per heavy atom. The Bertz CT molecular complexity index is 699. The molecular weight excluding hydrogens is 298 g/mol. The smallest absolute Gasteiger partial charge is 0.319 e. The predicted molar refractivity (Wildman–Crippen MR) is 85.8 cm³/mol. The van der Waals surface area contributed by atoms with Gasteiger partial charge in [-0.05, 0) is 23.8 Å². The van der Waals surface area contributed by atoms with E-state index in [1.165, 1.54) is 26.5 Å². The first-order valence-electron chi connectivity index (χ1n) is 6.74. The summed E-state index contributed by atoms with van der Waals surface area (Å²) in [4.78, 5) is 19.9. The normalized spacial score (nSPS) is 10.4. The molecule has 0 bridgehead atoms. The lowest BCUT2D eigenvalue weighted by Crippen LogP contribution is -2.10. The molecular formula is C16H17N3O4. The van der Waals surface area contributed by atoms with Gasteiger partial charge >= 0.3 is 6.01 Å². The van der Waals surface area contributed by atoms with Crippen molar-refractivity contribution in [2.75, 3.05) is 26.6 Å². The molecule has 2 rings (SSSR count). The maximum atomic E-state index is 12.0. The molecule has 1 heterocycles. The summed E-state index contributed by atoms with van der Waals surface area (Å²) in [5.74, 6) is 0.655.